The van der Waals surface area contributed by atoms with Crippen molar-refractivity contribution in [1.82, 2.24) is 0 Å². The molecule has 0 aliphatic rings. The van der Waals surface area contributed by atoms with Gasteiger partial charge in [-0.25, -0.2) is 0 Å². The monoisotopic (exact) mass is 1070 g/mol. The van der Waals surface area contributed by atoms with Crippen LogP contribution in [-0.4, -0.2) is 37.2 Å². The van der Waals surface area contributed by atoms with Gasteiger partial charge in [0.25, 0.3) is 0 Å². The van der Waals surface area contributed by atoms with E-state index in [9.17, 15) is 14.4 Å². The molecule has 6 heteroatoms. The Morgan fingerprint density at radius 2 is 0.532 bits per heavy atom. The van der Waals surface area contributed by atoms with Gasteiger partial charge in [0, 0.05) is 19.3 Å². The summed E-state index contributed by atoms with van der Waals surface area (Å²) in [5.41, 5.74) is 0. The van der Waals surface area contributed by atoms with Gasteiger partial charge < -0.3 is 14.2 Å². The second-order valence-corrected chi connectivity index (χ2v) is 20.9. The number of allylic oxidation sites excluding steroid dienone is 20. The summed E-state index contributed by atoms with van der Waals surface area (Å²) in [5, 5.41) is 0. The van der Waals surface area contributed by atoms with Crippen LogP contribution in [0.3, 0.4) is 0 Å². The van der Waals surface area contributed by atoms with E-state index in [4.69, 9.17) is 14.2 Å². The molecule has 0 bridgehead atoms. The summed E-state index contributed by atoms with van der Waals surface area (Å²) in [4.78, 5) is 38.3. The lowest BCUT2D eigenvalue weighted by Gasteiger charge is -2.18. The summed E-state index contributed by atoms with van der Waals surface area (Å²) >= 11 is 0. The first-order valence-corrected chi connectivity index (χ1v) is 32.0. The van der Waals surface area contributed by atoms with Gasteiger partial charge in [-0.15, -0.1) is 0 Å². The minimum Gasteiger partial charge on any atom is -0.462 e. The van der Waals surface area contributed by atoms with Gasteiger partial charge in [0.2, 0.25) is 0 Å². The molecule has 0 saturated heterocycles. The highest BCUT2D eigenvalue weighted by Gasteiger charge is 2.19. The average Bonchev–Trinajstić information content (AvgIpc) is 3.43. The van der Waals surface area contributed by atoms with Crippen molar-refractivity contribution in [3.05, 3.63) is 122 Å². The highest BCUT2D eigenvalue weighted by atomic mass is 16.6. The molecule has 0 aromatic carbocycles. The fourth-order valence-corrected chi connectivity index (χ4v) is 8.76. The summed E-state index contributed by atoms with van der Waals surface area (Å²) < 4.78 is 16.8. The molecule has 1 atom stereocenters. The van der Waals surface area contributed by atoms with Gasteiger partial charge in [-0.3, -0.25) is 14.4 Å². The summed E-state index contributed by atoms with van der Waals surface area (Å²) in [7, 11) is 0. The molecule has 0 aliphatic carbocycles. The zero-order valence-corrected chi connectivity index (χ0v) is 50.2. The van der Waals surface area contributed by atoms with Crippen LogP contribution in [0.2, 0.25) is 0 Å². The van der Waals surface area contributed by atoms with E-state index in [0.29, 0.717) is 19.3 Å². The van der Waals surface area contributed by atoms with Crippen LogP contribution in [0.25, 0.3) is 0 Å². The van der Waals surface area contributed by atoms with Crippen molar-refractivity contribution >= 4 is 17.9 Å². The lowest BCUT2D eigenvalue weighted by molar-refractivity contribution is -0.166. The van der Waals surface area contributed by atoms with E-state index < -0.39 is 12.1 Å². The van der Waals surface area contributed by atoms with Crippen LogP contribution in [0.1, 0.15) is 290 Å². The quantitative estimate of drug-likeness (QED) is 0.0261. The molecular weight excluding hydrogens is 949 g/mol. The van der Waals surface area contributed by atoms with E-state index in [1.807, 2.05) is 6.08 Å². The minimum absolute atomic E-state index is 0.117. The van der Waals surface area contributed by atoms with Crippen LogP contribution < -0.4 is 0 Å². The number of hydrogen-bond acceptors (Lipinski definition) is 6. The third-order valence-corrected chi connectivity index (χ3v) is 13.5. The van der Waals surface area contributed by atoms with Crippen molar-refractivity contribution in [2.75, 3.05) is 13.2 Å². The van der Waals surface area contributed by atoms with Crippen molar-refractivity contribution < 1.29 is 28.6 Å². The van der Waals surface area contributed by atoms with E-state index in [-0.39, 0.29) is 31.6 Å². The van der Waals surface area contributed by atoms with Crippen molar-refractivity contribution in [3.63, 3.8) is 0 Å². The molecule has 0 aliphatic heterocycles. The average molecular weight is 1070 g/mol. The number of carbonyl (C=O) groups is 3. The summed E-state index contributed by atoms with van der Waals surface area (Å²) in [6.45, 7) is 6.36. The predicted molar refractivity (Wildman–Crippen MR) is 334 cm³/mol. The number of unbranched alkanes of at least 4 members (excludes halogenated alkanes) is 26. The Hall–Kier alpha value is -4.19. The molecule has 0 heterocycles. The Bertz CT molecular complexity index is 1600. The Labute approximate surface area is 475 Å². The van der Waals surface area contributed by atoms with Crippen LogP contribution >= 0.6 is 0 Å². The van der Waals surface area contributed by atoms with Crippen molar-refractivity contribution in [2.45, 2.75) is 297 Å². The third kappa shape index (κ3) is 62.5. The second-order valence-electron chi connectivity index (χ2n) is 20.9. The molecule has 0 amide bonds. The van der Waals surface area contributed by atoms with Gasteiger partial charge in [0.15, 0.2) is 6.10 Å². The van der Waals surface area contributed by atoms with Crippen molar-refractivity contribution in [1.29, 1.82) is 0 Å². The third-order valence-electron chi connectivity index (χ3n) is 13.5. The first-order valence-electron chi connectivity index (χ1n) is 32.0. The predicted octanol–water partition coefficient (Wildman–Crippen LogP) is 22.0. The molecular formula is C71H118O6. The smallest absolute Gasteiger partial charge is 0.306 e. The molecule has 0 spiro atoms. The van der Waals surface area contributed by atoms with E-state index in [2.05, 4.69) is 136 Å². The van der Waals surface area contributed by atoms with Gasteiger partial charge in [-0.2, -0.15) is 0 Å². The Morgan fingerprint density at radius 3 is 0.844 bits per heavy atom. The van der Waals surface area contributed by atoms with Crippen LogP contribution in [0, 0.1) is 0 Å². The SMILES string of the molecule is CC/C=C\C/C=C\C/C=C\C/C=C\C/C=C\C/C=C\CCC(=O)OC(COC(=O)CCCCCC/C=C\C/C=C\C/C=C\C/C=C\CC)COC(=O)CCCCCCCCCCCCCCCCCCCCCCCCC. The fraction of sp³-hybridized carbons (Fsp3) is 0.676. The van der Waals surface area contributed by atoms with Gasteiger partial charge in [-0.05, 0) is 96.3 Å². The zero-order valence-electron chi connectivity index (χ0n) is 50.2. The van der Waals surface area contributed by atoms with Gasteiger partial charge in [0.1, 0.15) is 13.2 Å². The topological polar surface area (TPSA) is 78.9 Å². The minimum atomic E-state index is -0.832. The Morgan fingerprint density at radius 1 is 0.273 bits per heavy atom. The molecule has 0 rings (SSSR count). The molecule has 438 valence electrons. The van der Waals surface area contributed by atoms with E-state index in [1.54, 1.807) is 0 Å². The number of ether oxygens (including phenoxy) is 3. The lowest BCUT2D eigenvalue weighted by Crippen LogP contribution is -2.30. The Balaban J connectivity index is 4.47. The molecule has 0 aromatic rings. The molecule has 6 nitrogen and oxygen atoms in total. The number of esters is 3. The highest BCUT2D eigenvalue weighted by Crippen LogP contribution is 2.17. The summed E-state index contributed by atoms with van der Waals surface area (Å²) in [6, 6.07) is 0. The first kappa shape index (κ1) is 72.8. The summed E-state index contributed by atoms with van der Waals surface area (Å²) in [6.07, 6.45) is 89.4. The standard InChI is InChI=1S/C71H118O6/c1-4-7-10-13-16-19-22-25-28-31-33-34-35-36-38-40-43-46-49-52-55-58-61-64-70(73)76-67-68(66-75-69(72)63-60-57-54-51-48-45-42-39-30-27-24-21-18-15-12-9-6-3)77-71(74)65-62-59-56-53-50-47-44-41-37-32-29-26-23-20-17-14-11-8-5-2/h8-9,11-12,17-18,20-21,26-27,29-30,37,41-42,45,47,50,56,59,68H,4-7,10,13-16,19,22-25,28,31-36,38-40,43-44,46,48-49,51-55,57-58,60-67H2,1-3H3/b11-8-,12-9-,20-17-,21-18-,29-26-,30-27-,41-37-,45-42-,50-47-,59-56-. The van der Waals surface area contributed by atoms with Crippen LogP contribution in [0.15, 0.2) is 122 Å². The van der Waals surface area contributed by atoms with Gasteiger partial charge in [-0.1, -0.05) is 296 Å². The molecule has 77 heavy (non-hydrogen) atoms. The van der Waals surface area contributed by atoms with E-state index >= 15 is 0 Å². The maximum Gasteiger partial charge on any atom is 0.306 e. The maximum atomic E-state index is 12.9. The molecule has 0 aromatic heterocycles. The highest BCUT2D eigenvalue weighted by molar-refractivity contribution is 5.71. The molecule has 0 N–H and O–H groups in total. The maximum absolute atomic E-state index is 12.9. The Kier molecular flexibility index (Phi) is 60.8. The molecule has 0 saturated carbocycles. The van der Waals surface area contributed by atoms with Crippen LogP contribution in [0.5, 0.6) is 0 Å². The largest absolute Gasteiger partial charge is 0.462 e. The van der Waals surface area contributed by atoms with E-state index in [1.165, 1.54) is 128 Å². The second kappa shape index (κ2) is 64.3. The van der Waals surface area contributed by atoms with Crippen LogP contribution in [0.4, 0.5) is 0 Å². The zero-order chi connectivity index (χ0) is 55.7. The van der Waals surface area contributed by atoms with Crippen LogP contribution in [-0.2, 0) is 28.6 Å². The van der Waals surface area contributed by atoms with Crippen molar-refractivity contribution in [2.24, 2.45) is 0 Å². The van der Waals surface area contributed by atoms with Crippen molar-refractivity contribution in [3.8, 4) is 0 Å². The number of hydrogen-bond donors (Lipinski definition) is 0. The van der Waals surface area contributed by atoms with E-state index in [0.717, 1.165) is 116 Å². The normalized spacial score (nSPS) is 12.9. The molecule has 0 fully saturated rings. The lowest BCUT2D eigenvalue weighted by atomic mass is 10.0. The molecule has 0 radical (unpaired) electrons. The summed E-state index contributed by atoms with van der Waals surface area (Å²) in [5.74, 6) is -1.02. The fourth-order valence-electron chi connectivity index (χ4n) is 8.76. The number of carbonyl (C=O) groups excluding carboxylic acids is 3. The van der Waals surface area contributed by atoms with Gasteiger partial charge >= 0.3 is 17.9 Å². The first-order chi connectivity index (χ1) is 38.0. The van der Waals surface area contributed by atoms with Gasteiger partial charge in [0.05, 0.1) is 0 Å². The molecule has 1 unspecified atom stereocenters. The number of rotatable bonds is 57.